The zero-order chi connectivity index (χ0) is 26.3. The van der Waals surface area contributed by atoms with Crippen molar-refractivity contribution in [2.24, 2.45) is 0 Å². The van der Waals surface area contributed by atoms with Crippen LogP contribution in [0.15, 0.2) is 95.0 Å². The number of allylic oxidation sites excluding steroid dienone is 1. The van der Waals surface area contributed by atoms with Gasteiger partial charge in [0.1, 0.15) is 6.04 Å². The first-order valence-electron chi connectivity index (χ1n) is 12.0. The van der Waals surface area contributed by atoms with E-state index in [1.54, 1.807) is 66.7 Å². The Morgan fingerprint density at radius 1 is 0.919 bits per heavy atom. The van der Waals surface area contributed by atoms with Crippen LogP contribution in [0.2, 0.25) is 5.02 Å². The summed E-state index contributed by atoms with van der Waals surface area (Å²) in [6.45, 7) is 1.85. The maximum absolute atomic E-state index is 14.3. The second-order valence-electron chi connectivity index (χ2n) is 9.41. The molecule has 3 atom stereocenters. The molecule has 7 nitrogen and oxygen atoms in total. The molecule has 0 amide bonds. The van der Waals surface area contributed by atoms with E-state index < -0.39 is 32.9 Å². The predicted molar refractivity (Wildman–Crippen MR) is 140 cm³/mol. The highest BCUT2D eigenvalue weighted by atomic mass is 35.5. The van der Waals surface area contributed by atoms with Crippen LogP contribution >= 0.6 is 11.6 Å². The number of Topliss-reactive ketones (excluding diaryl/α,β-unsaturated/α-hetero) is 1. The largest absolute Gasteiger partial charge is 0.294 e. The molecular weight excluding hydrogens is 512 g/mol. The average Bonchev–Trinajstić information content (AvgIpc) is 2.88. The molecule has 0 spiro atoms. The van der Waals surface area contributed by atoms with Crippen molar-refractivity contribution in [1.29, 1.82) is 0 Å². The van der Waals surface area contributed by atoms with E-state index in [0.29, 0.717) is 34.7 Å². The van der Waals surface area contributed by atoms with Gasteiger partial charge in [0.05, 0.1) is 10.8 Å². The zero-order valence-electron chi connectivity index (χ0n) is 20.1. The van der Waals surface area contributed by atoms with E-state index >= 15 is 0 Å². The molecule has 190 valence electrons. The second-order valence-corrected chi connectivity index (χ2v) is 11.7. The van der Waals surface area contributed by atoms with Gasteiger partial charge in [-0.1, -0.05) is 71.8 Å². The Balaban J connectivity index is 1.85. The van der Waals surface area contributed by atoms with Gasteiger partial charge in [-0.3, -0.25) is 19.2 Å². The van der Waals surface area contributed by atoms with Gasteiger partial charge < -0.3 is 0 Å². The smallest absolute Gasteiger partial charge is 0.264 e. The average molecular weight is 537 g/mol. The number of rotatable bonds is 5. The lowest BCUT2D eigenvalue weighted by Crippen LogP contribution is -2.52. The number of nitro groups is 1. The molecule has 0 saturated carbocycles. The number of carbonyl (C=O) groups excluding carboxylic acids is 1. The Labute approximate surface area is 220 Å². The van der Waals surface area contributed by atoms with Gasteiger partial charge in [0.15, 0.2) is 5.78 Å². The second kappa shape index (κ2) is 9.76. The van der Waals surface area contributed by atoms with Crippen molar-refractivity contribution < 1.29 is 18.1 Å². The van der Waals surface area contributed by atoms with E-state index in [-0.39, 0.29) is 22.7 Å². The van der Waals surface area contributed by atoms with Crippen LogP contribution in [0.3, 0.4) is 0 Å². The Kier molecular flexibility index (Phi) is 6.64. The fourth-order valence-corrected chi connectivity index (χ4v) is 7.32. The summed E-state index contributed by atoms with van der Waals surface area (Å²) in [5, 5.41) is 13.3. The van der Waals surface area contributed by atoms with Crippen LogP contribution in [-0.4, -0.2) is 29.5 Å². The topological polar surface area (TPSA) is 97.6 Å². The summed E-state index contributed by atoms with van der Waals surface area (Å²) >= 11 is 6.12. The van der Waals surface area contributed by atoms with E-state index in [1.807, 2.05) is 6.92 Å². The Morgan fingerprint density at radius 3 is 2.19 bits per heavy atom. The van der Waals surface area contributed by atoms with Gasteiger partial charge in [-0.05, 0) is 55.2 Å². The van der Waals surface area contributed by atoms with Crippen LogP contribution in [0.4, 0.5) is 0 Å². The van der Waals surface area contributed by atoms with Gasteiger partial charge in [0.2, 0.25) is 6.04 Å². The van der Waals surface area contributed by atoms with Crippen molar-refractivity contribution in [3.05, 3.63) is 122 Å². The van der Waals surface area contributed by atoms with Gasteiger partial charge in [0.25, 0.3) is 10.0 Å². The number of halogens is 1. The quantitative estimate of drug-likeness (QED) is 0.302. The molecule has 0 bridgehead atoms. The molecule has 3 aromatic rings. The minimum Gasteiger partial charge on any atom is -0.294 e. The molecule has 3 aromatic carbocycles. The summed E-state index contributed by atoms with van der Waals surface area (Å²) in [4.78, 5) is 25.8. The highest BCUT2D eigenvalue weighted by Gasteiger charge is 2.56. The SMILES string of the molecule is Cc1ccc(S(=O)(=O)N2C3=C(C(=O)CCC3)[C@@H](c3ccccc3)[C@H]([N+](=O)[O-])[C@H]2c2ccc(Cl)cc2)cc1. The Morgan fingerprint density at radius 2 is 1.57 bits per heavy atom. The number of sulfonamides is 1. The van der Waals surface area contributed by atoms with Crippen molar-refractivity contribution in [1.82, 2.24) is 4.31 Å². The lowest BCUT2D eigenvalue weighted by atomic mass is 9.72. The number of hydrogen-bond donors (Lipinski definition) is 0. The lowest BCUT2D eigenvalue weighted by molar-refractivity contribution is -0.534. The summed E-state index contributed by atoms with van der Waals surface area (Å²) in [7, 11) is -4.27. The van der Waals surface area contributed by atoms with Gasteiger partial charge in [-0.15, -0.1) is 0 Å². The van der Waals surface area contributed by atoms with Crippen LogP contribution in [0.25, 0.3) is 0 Å². The summed E-state index contributed by atoms with van der Waals surface area (Å²) in [5.74, 6) is -1.15. The first-order chi connectivity index (χ1) is 17.7. The number of benzene rings is 3. The van der Waals surface area contributed by atoms with Crippen molar-refractivity contribution in [2.75, 3.05) is 0 Å². The third-order valence-corrected chi connectivity index (χ3v) is 9.20. The molecule has 0 aromatic heterocycles. The highest BCUT2D eigenvalue weighted by molar-refractivity contribution is 7.89. The van der Waals surface area contributed by atoms with E-state index in [0.717, 1.165) is 9.87 Å². The Hall–Kier alpha value is -3.49. The molecule has 0 unspecified atom stereocenters. The van der Waals surface area contributed by atoms with E-state index in [1.165, 1.54) is 12.1 Å². The Bertz CT molecular complexity index is 1490. The summed E-state index contributed by atoms with van der Waals surface area (Å²) < 4.78 is 29.7. The van der Waals surface area contributed by atoms with Crippen LogP contribution in [0.5, 0.6) is 0 Å². The first-order valence-corrected chi connectivity index (χ1v) is 13.8. The van der Waals surface area contributed by atoms with Crippen molar-refractivity contribution in [2.45, 2.75) is 49.1 Å². The van der Waals surface area contributed by atoms with Crippen molar-refractivity contribution >= 4 is 27.4 Å². The molecule has 1 aliphatic heterocycles. The monoisotopic (exact) mass is 536 g/mol. The molecular formula is C28H25ClN2O5S. The van der Waals surface area contributed by atoms with Crippen molar-refractivity contribution in [3.8, 4) is 0 Å². The number of ketones is 1. The molecule has 9 heteroatoms. The fourth-order valence-electron chi connectivity index (χ4n) is 5.46. The number of hydrogen-bond acceptors (Lipinski definition) is 5. The summed E-state index contributed by atoms with van der Waals surface area (Å²) in [6.07, 6.45) is 1.01. The number of aryl methyl sites for hydroxylation is 1. The first kappa shape index (κ1) is 25.2. The van der Waals surface area contributed by atoms with Crippen LogP contribution in [0, 0.1) is 17.0 Å². The molecule has 0 N–H and O–H groups in total. The van der Waals surface area contributed by atoms with E-state index in [9.17, 15) is 23.3 Å². The fraction of sp³-hybridized carbons (Fsp3) is 0.250. The molecule has 0 radical (unpaired) electrons. The minimum atomic E-state index is -4.27. The third-order valence-electron chi connectivity index (χ3n) is 7.11. The van der Waals surface area contributed by atoms with Gasteiger partial charge in [-0.25, -0.2) is 8.42 Å². The van der Waals surface area contributed by atoms with Crippen molar-refractivity contribution in [3.63, 3.8) is 0 Å². The van der Waals surface area contributed by atoms with Gasteiger partial charge in [0, 0.05) is 27.6 Å². The van der Waals surface area contributed by atoms with Crippen LogP contribution < -0.4 is 0 Å². The molecule has 2 aliphatic rings. The molecule has 37 heavy (non-hydrogen) atoms. The molecule has 1 aliphatic carbocycles. The predicted octanol–water partition coefficient (Wildman–Crippen LogP) is 5.83. The van der Waals surface area contributed by atoms with Gasteiger partial charge in [-0.2, -0.15) is 0 Å². The van der Waals surface area contributed by atoms with Gasteiger partial charge >= 0.3 is 0 Å². The summed E-state index contributed by atoms with van der Waals surface area (Å²) in [6, 6.07) is 19.0. The van der Waals surface area contributed by atoms with Crippen LogP contribution in [0.1, 0.15) is 47.9 Å². The lowest BCUT2D eigenvalue weighted by Gasteiger charge is -2.45. The normalized spacial score (nSPS) is 22.1. The van der Waals surface area contributed by atoms with E-state index in [2.05, 4.69) is 0 Å². The number of nitrogens with zero attached hydrogens (tertiary/aromatic N) is 2. The minimum absolute atomic E-state index is 0.0159. The third kappa shape index (κ3) is 4.45. The maximum atomic E-state index is 14.3. The number of carbonyl (C=O) groups is 1. The standard InChI is InChI=1S/C28H25ClN2O5S/c1-18-10-16-22(17-11-18)37(35,36)30-23-8-5-9-24(32)26(23)25(19-6-3-2-4-7-19)28(31(33)34)27(30)20-12-14-21(29)15-13-20/h2-4,6-7,10-17,25,27-28H,5,8-9H2,1H3/t25-,27-,28+/m1/s1. The maximum Gasteiger partial charge on any atom is 0.264 e. The molecule has 1 heterocycles. The molecule has 0 saturated heterocycles. The van der Waals surface area contributed by atoms with E-state index in [4.69, 9.17) is 11.6 Å². The van der Waals surface area contributed by atoms with Crippen LogP contribution in [-0.2, 0) is 14.8 Å². The molecule has 5 rings (SSSR count). The summed E-state index contributed by atoms with van der Waals surface area (Å²) in [5.41, 5.74) is 2.49. The highest BCUT2D eigenvalue weighted by Crippen LogP contribution is 2.51. The zero-order valence-corrected chi connectivity index (χ0v) is 21.7. The molecule has 0 fully saturated rings.